The van der Waals surface area contributed by atoms with Crippen LogP contribution in [0.3, 0.4) is 0 Å². The molecule has 0 saturated carbocycles. The minimum atomic E-state index is 0.858. The van der Waals surface area contributed by atoms with Gasteiger partial charge in [-0.1, -0.05) is 146 Å². The Hall–Kier alpha value is -7.62. The molecule has 2 aromatic heterocycles. The number of anilines is 3. The molecule has 0 atom stereocenters. The standard InChI is InChI=1S/C54H33NO2/c1-4-14-41-34(11-1)27-32-47-52-49(20-10-22-51(52)57-54(41)47)55(38-28-23-35(24-29-38)42-18-9-19-46-45-17-7-8-21-50(45)56-53(42)46)39-30-25-36(26-31-39)48-33-37-12-2-3-13-40(37)43-15-5-6-16-44(43)48/h1-33H. The summed E-state index contributed by atoms with van der Waals surface area (Å²) in [4.78, 5) is 2.36. The van der Waals surface area contributed by atoms with Crippen LogP contribution in [-0.4, -0.2) is 0 Å². The summed E-state index contributed by atoms with van der Waals surface area (Å²) in [7, 11) is 0. The highest BCUT2D eigenvalue weighted by molar-refractivity contribution is 6.20. The molecular weight excluding hydrogens is 695 g/mol. The van der Waals surface area contributed by atoms with Gasteiger partial charge in [0.2, 0.25) is 0 Å². The van der Waals surface area contributed by atoms with Gasteiger partial charge in [-0.15, -0.1) is 0 Å². The molecule has 0 fully saturated rings. The van der Waals surface area contributed by atoms with E-state index in [2.05, 4.69) is 193 Å². The van der Waals surface area contributed by atoms with Crippen LogP contribution in [0.15, 0.2) is 209 Å². The van der Waals surface area contributed by atoms with E-state index in [0.29, 0.717) is 0 Å². The lowest BCUT2D eigenvalue weighted by atomic mass is 9.93. The van der Waals surface area contributed by atoms with Crippen molar-refractivity contribution in [3.8, 4) is 22.3 Å². The highest BCUT2D eigenvalue weighted by atomic mass is 16.3. The number of benzene rings is 10. The minimum absolute atomic E-state index is 0.858. The third kappa shape index (κ3) is 4.92. The molecule has 12 aromatic rings. The summed E-state index contributed by atoms with van der Waals surface area (Å²) in [6, 6.07) is 71.5. The first-order chi connectivity index (χ1) is 28.3. The molecule has 10 aromatic carbocycles. The SMILES string of the molecule is c1ccc2c(c1)cc(-c1ccc(N(c3ccc(-c4cccc5c4oc4ccccc45)cc3)c3cccc4oc5c6ccccc6ccc5c34)cc1)c1ccccc12. The Morgan fingerprint density at radius 1 is 0.316 bits per heavy atom. The van der Waals surface area contributed by atoms with Gasteiger partial charge in [-0.05, 0) is 98.2 Å². The van der Waals surface area contributed by atoms with E-state index >= 15 is 0 Å². The summed E-state index contributed by atoms with van der Waals surface area (Å²) in [5.41, 5.74) is 11.3. The van der Waals surface area contributed by atoms with Gasteiger partial charge in [0.05, 0.1) is 11.1 Å². The van der Waals surface area contributed by atoms with Crippen LogP contribution in [0.2, 0.25) is 0 Å². The number of rotatable bonds is 5. The average molecular weight is 728 g/mol. The average Bonchev–Trinajstić information content (AvgIpc) is 3.86. The van der Waals surface area contributed by atoms with Gasteiger partial charge in [-0.2, -0.15) is 0 Å². The molecule has 3 heteroatoms. The van der Waals surface area contributed by atoms with Crippen molar-refractivity contribution in [2.24, 2.45) is 0 Å². The largest absolute Gasteiger partial charge is 0.455 e. The maximum atomic E-state index is 6.69. The fourth-order valence-electron chi connectivity index (χ4n) is 9.00. The fourth-order valence-corrected chi connectivity index (χ4v) is 9.00. The summed E-state index contributed by atoms with van der Waals surface area (Å²) in [5, 5.41) is 11.7. The molecule has 0 amide bonds. The van der Waals surface area contributed by atoms with Gasteiger partial charge in [-0.3, -0.25) is 0 Å². The first-order valence-electron chi connectivity index (χ1n) is 19.4. The Morgan fingerprint density at radius 3 is 1.68 bits per heavy atom. The maximum Gasteiger partial charge on any atom is 0.143 e. The van der Waals surface area contributed by atoms with Crippen LogP contribution in [0.1, 0.15) is 0 Å². The Kier molecular flexibility index (Phi) is 6.93. The van der Waals surface area contributed by atoms with Crippen LogP contribution < -0.4 is 4.90 Å². The predicted octanol–water partition coefficient (Wildman–Crippen LogP) is 15.7. The van der Waals surface area contributed by atoms with Gasteiger partial charge in [0.1, 0.15) is 22.3 Å². The summed E-state index contributed by atoms with van der Waals surface area (Å²) in [5.74, 6) is 0. The number of fused-ring (bicyclic) bond motifs is 11. The van der Waals surface area contributed by atoms with Crippen molar-refractivity contribution >= 4 is 93.3 Å². The van der Waals surface area contributed by atoms with Gasteiger partial charge in [0.25, 0.3) is 0 Å². The molecule has 57 heavy (non-hydrogen) atoms. The van der Waals surface area contributed by atoms with E-state index in [-0.39, 0.29) is 0 Å². The van der Waals surface area contributed by atoms with Gasteiger partial charge in [0.15, 0.2) is 0 Å². The second kappa shape index (κ2) is 12.5. The van der Waals surface area contributed by atoms with Crippen molar-refractivity contribution < 1.29 is 8.83 Å². The minimum Gasteiger partial charge on any atom is -0.455 e. The Labute approximate surface area is 328 Å². The predicted molar refractivity (Wildman–Crippen MR) is 239 cm³/mol. The number of furan rings is 2. The summed E-state index contributed by atoms with van der Waals surface area (Å²) >= 11 is 0. The number of hydrogen-bond acceptors (Lipinski definition) is 3. The molecule has 12 rings (SSSR count). The van der Waals surface area contributed by atoms with Gasteiger partial charge >= 0.3 is 0 Å². The molecule has 0 aliphatic heterocycles. The molecule has 0 spiro atoms. The van der Waals surface area contributed by atoms with Crippen molar-refractivity contribution in [3.63, 3.8) is 0 Å². The smallest absolute Gasteiger partial charge is 0.143 e. The summed E-state index contributed by atoms with van der Waals surface area (Å²) in [6.07, 6.45) is 0. The molecule has 0 radical (unpaired) electrons. The monoisotopic (exact) mass is 727 g/mol. The van der Waals surface area contributed by atoms with Crippen LogP contribution in [0.5, 0.6) is 0 Å². The fraction of sp³-hybridized carbons (Fsp3) is 0. The molecule has 0 unspecified atom stereocenters. The molecule has 0 aliphatic carbocycles. The lowest BCUT2D eigenvalue weighted by molar-refractivity contribution is 0.670. The summed E-state index contributed by atoms with van der Waals surface area (Å²) in [6.45, 7) is 0. The first-order valence-corrected chi connectivity index (χ1v) is 19.4. The molecule has 3 nitrogen and oxygen atoms in total. The van der Waals surface area contributed by atoms with Gasteiger partial charge < -0.3 is 13.7 Å². The van der Waals surface area contributed by atoms with Crippen LogP contribution in [-0.2, 0) is 0 Å². The zero-order valence-corrected chi connectivity index (χ0v) is 30.8. The van der Waals surface area contributed by atoms with Gasteiger partial charge in [0, 0.05) is 38.5 Å². The van der Waals surface area contributed by atoms with E-state index in [1.807, 2.05) is 12.1 Å². The third-order valence-corrected chi connectivity index (χ3v) is 11.7. The van der Waals surface area contributed by atoms with Crippen molar-refractivity contribution in [1.82, 2.24) is 0 Å². The Balaban J connectivity index is 1.04. The molecule has 2 heterocycles. The molecule has 0 aliphatic rings. The van der Waals surface area contributed by atoms with Crippen LogP contribution in [0.4, 0.5) is 17.1 Å². The van der Waals surface area contributed by atoms with E-state index in [1.165, 1.54) is 32.7 Å². The van der Waals surface area contributed by atoms with Crippen molar-refractivity contribution in [2.45, 2.75) is 0 Å². The van der Waals surface area contributed by atoms with E-state index in [4.69, 9.17) is 8.83 Å². The van der Waals surface area contributed by atoms with E-state index in [0.717, 1.165) is 82.8 Å². The first kappa shape index (κ1) is 31.7. The number of para-hydroxylation sites is 2. The Morgan fingerprint density at radius 2 is 0.895 bits per heavy atom. The normalized spacial score (nSPS) is 11.9. The second-order valence-electron chi connectivity index (χ2n) is 14.8. The molecule has 266 valence electrons. The van der Waals surface area contributed by atoms with Crippen LogP contribution in [0, 0.1) is 0 Å². The quantitative estimate of drug-likeness (QED) is 0.165. The Bertz CT molecular complexity index is 3520. The lowest BCUT2D eigenvalue weighted by Gasteiger charge is -2.27. The number of nitrogens with zero attached hydrogens (tertiary/aromatic N) is 1. The van der Waals surface area contributed by atoms with Crippen molar-refractivity contribution in [1.29, 1.82) is 0 Å². The highest BCUT2D eigenvalue weighted by Crippen LogP contribution is 2.46. The van der Waals surface area contributed by atoms with E-state index in [1.54, 1.807) is 0 Å². The maximum absolute atomic E-state index is 6.69. The molecule has 0 saturated heterocycles. The van der Waals surface area contributed by atoms with E-state index < -0.39 is 0 Å². The van der Waals surface area contributed by atoms with Crippen LogP contribution in [0.25, 0.3) is 98.4 Å². The van der Waals surface area contributed by atoms with Crippen molar-refractivity contribution in [3.05, 3.63) is 200 Å². The topological polar surface area (TPSA) is 29.5 Å². The highest BCUT2D eigenvalue weighted by Gasteiger charge is 2.21. The molecule has 0 N–H and O–H groups in total. The summed E-state index contributed by atoms with van der Waals surface area (Å²) < 4.78 is 13.1. The van der Waals surface area contributed by atoms with Crippen LogP contribution >= 0.6 is 0 Å². The molecular formula is C54H33NO2. The number of hydrogen-bond donors (Lipinski definition) is 0. The van der Waals surface area contributed by atoms with E-state index in [9.17, 15) is 0 Å². The third-order valence-electron chi connectivity index (χ3n) is 11.7. The van der Waals surface area contributed by atoms with Crippen molar-refractivity contribution in [2.75, 3.05) is 4.90 Å². The lowest BCUT2D eigenvalue weighted by Crippen LogP contribution is -2.10. The van der Waals surface area contributed by atoms with Gasteiger partial charge in [-0.25, -0.2) is 0 Å². The zero-order valence-electron chi connectivity index (χ0n) is 30.8. The zero-order chi connectivity index (χ0) is 37.5. The molecule has 0 bridgehead atoms. The second-order valence-corrected chi connectivity index (χ2v) is 14.8.